The van der Waals surface area contributed by atoms with Crippen LogP contribution in [-0.4, -0.2) is 9.83 Å². The Morgan fingerprint density at radius 3 is 2.19 bits per heavy atom. The van der Waals surface area contributed by atoms with E-state index in [1.807, 2.05) is 0 Å². The molecule has 0 aromatic heterocycles. The van der Waals surface area contributed by atoms with Crippen LogP contribution in [0.3, 0.4) is 0 Å². The fourth-order valence-corrected chi connectivity index (χ4v) is 1.38. The normalized spacial score (nSPS) is 13.6. The lowest BCUT2D eigenvalue weighted by atomic mass is 10.1. The van der Waals surface area contributed by atoms with E-state index in [1.165, 1.54) is 12.1 Å². The highest BCUT2D eigenvalue weighted by Gasteiger charge is 2.29. The molecule has 16 heavy (non-hydrogen) atoms. The monoisotopic (exact) mass is 343 g/mol. The van der Waals surface area contributed by atoms with Crippen LogP contribution in [0.5, 0.6) is 0 Å². The Morgan fingerprint density at radius 2 is 1.81 bits per heavy atom. The minimum absolute atomic E-state index is 0.211. The second-order valence-corrected chi connectivity index (χ2v) is 4.37. The third-order valence-corrected chi connectivity index (χ3v) is 2.83. The van der Waals surface area contributed by atoms with Gasteiger partial charge in [-0.1, -0.05) is 12.1 Å². The second kappa shape index (κ2) is 5.13. The van der Waals surface area contributed by atoms with Crippen LogP contribution >= 0.6 is 22.6 Å². The van der Waals surface area contributed by atoms with Gasteiger partial charge >= 0.3 is 6.18 Å². The van der Waals surface area contributed by atoms with Gasteiger partial charge in [0.1, 0.15) is 0 Å². The van der Waals surface area contributed by atoms with Gasteiger partial charge in [-0.15, -0.1) is 0 Å². The number of benzene rings is 1. The van der Waals surface area contributed by atoms with Gasteiger partial charge in [-0.2, -0.15) is 13.2 Å². The number of hydrogen-bond acceptors (Lipinski definition) is 2. The molecule has 0 saturated carbocycles. The molecule has 0 fully saturated rings. The van der Waals surface area contributed by atoms with E-state index < -0.39 is 17.8 Å². The zero-order valence-corrected chi connectivity index (χ0v) is 10.2. The fourth-order valence-electron chi connectivity index (χ4n) is 1.16. The first-order valence-electron chi connectivity index (χ1n) is 4.42. The molecule has 0 radical (unpaired) electrons. The molecular formula is C10H9F3INO. The molecule has 1 atom stereocenters. The van der Waals surface area contributed by atoms with E-state index in [2.05, 4.69) is 0 Å². The summed E-state index contributed by atoms with van der Waals surface area (Å²) < 4.78 is 36.5. The molecule has 0 aliphatic heterocycles. The van der Waals surface area contributed by atoms with E-state index in [0.29, 0.717) is 5.56 Å². The topological polar surface area (TPSA) is 43.1 Å². The first kappa shape index (κ1) is 13.4. The van der Waals surface area contributed by atoms with Crippen molar-refractivity contribution in [1.29, 1.82) is 0 Å². The van der Waals surface area contributed by atoms with Gasteiger partial charge < -0.3 is 5.73 Å². The molecule has 0 unspecified atom stereocenters. The highest BCUT2D eigenvalue weighted by atomic mass is 127. The Balaban J connectivity index is 2.76. The quantitative estimate of drug-likeness (QED) is 0.677. The summed E-state index contributed by atoms with van der Waals surface area (Å²) in [6.45, 7) is 0. The molecule has 1 rings (SSSR count). The summed E-state index contributed by atoms with van der Waals surface area (Å²) in [5.74, 6) is 0. The van der Waals surface area contributed by atoms with E-state index in [-0.39, 0.29) is 10.2 Å². The fraction of sp³-hybridized carbons (Fsp3) is 0.300. The molecule has 0 saturated heterocycles. The molecule has 88 valence electrons. The number of carbonyl (C=O) groups is 1. The van der Waals surface area contributed by atoms with Crippen molar-refractivity contribution in [3.63, 3.8) is 0 Å². The van der Waals surface area contributed by atoms with Gasteiger partial charge in [0.05, 0.1) is 11.6 Å². The zero-order chi connectivity index (χ0) is 12.3. The van der Waals surface area contributed by atoms with Crippen LogP contribution < -0.4 is 5.73 Å². The molecule has 0 aliphatic carbocycles. The van der Waals surface area contributed by atoms with Gasteiger partial charge in [0.2, 0.25) is 3.79 Å². The number of halogens is 4. The summed E-state index contributed by atoms with van der Waals surface area (Å²) in [6, 6.07) is 3.97. The molecular weight excluding hydrogens is 334 g/mol. The summed E-state index contributed by atoms with van der Waals surface area (Å²) in [5, 5.41) is 0. The van der Waals surface area contributed by atoms with Crippen molar-refractivity contribution in [2.24, 2.45) is 5.73 Å². The Hall–Kier alpha value is -0.630. The summed E-state index contributed by atoms with van der Waals surface area (Å²) >= 11 is 1.57. The minimum Gasteiger partial charge on any atom is -0.321 e. The number of alkyl halides is 3. The Morgan fingerprint density at radius 1 is 1.31 bits per heavy atom. The Kier molecular flexibility index (Phi) is 4.31. The Labute approximate surface area is 104 Å². The standard InChI is InChI=1S/C10H9F3INO/c11-10(12,13)7-3-1-6(2-4-7)5-8(15)9(14)16/h1-4,8H,5,15H2/t8-/m1/s1. The van der Waals surface area contributed by atoms with Gasteiger partial charge in [-0.25, -0.2) is 0 Å². The Bertz CT molecular complexity index is 375. The van der Waals surface area contributed by atoms with E-state index in [9.17, 15) is 18.0 Å². The average Bonchev–Trinajstić information content (AvgIpc) is 2.17. The lowest BCUT2D eigenvalue weighted by Gasteiger charge is -2.09. The minimum atomic E-state index is -4.33. The van der Waals surface area contributed by atoms with Gasteiger partial charge in [-0.05, 0) is 24.1 Å². The second-order valence-electron chi connectivity index (χ2n) is 3.31. The van der Waals surface area contributed by atoms with Gasteiger partial charge in [0.25, 0.3) is 0 Å². The van der Waals surface area contributed by atoms with Crippen molar-refractivity contribution in [1.82, 2.24) is 0 Å². The van der Waals surface area contributed by atoms with Gasteiger partial charge in [0.15, 0.2) is 0 Å². The van der Waals surface area contributed by atoms with E-state index >= 15 is 0 Å². The van der Waals surface area contributed by atoms with E-state index in [1.54, 1.807) is 22.6 Å². The molecule has 6 heteroatoms. The maximum Gasteiger partial charge on any atom is 0.416 e. The number of nitrogens with two attached hydrogens (primary N) is 1. The van der Waals surface area contributed by atoms with E-state index in [4.69, 9.17) is 5.73 Å². The highest BCUT2D eigenvalue weighted by molar-refractivity contribution is 14.1. The summed E-state index contributed by atoms with van der Waals surface area (Å²) in [7, 11) is 0. The smallest absolute Gasteiger partial charge is 0.321 e. The molecule has 2 nitrogen and oxygen atoms in total. The first-order valence-corrected chi connectivity index (χ1v) is 5.49. The lowest BCUT2D eigenvalue weighted by molar-refractivity contribution is -0.137. The number of rotatable bonds is 3. The largest absolute Gasteiger partial charge is 0.416 e. The number of carbonyl (C=O) groups excluding carboxylic acids is 1. The van der Waals surface area contributed by atoms with Crippen LogP contribution in [0.2, 0.25) is 0 Å². The maximum absolute atomic E-state index is 12.2. The van der Waals surface area contributed by atoms with E-state index in [0.717, 1.165) is 12.1 Å². The molecule has 0 heterocycles. The van der Waals surface area contributed by atoms with Crippen LogP contribution in [0.15, 0.2) is 24.3 Å². The van der Waals surface area contributed by atoms with Crippen molar-refractivity contribution in [2.45, 2.75) is 18.6 Å². The van der Waals surface area contributed by atoms with Crippen LogP contribution in [0, 0.1) is 0 Å². The van der Waals surface area contributed by atoms with Crippen molar-refractivity contribution in [3.05, 3.63) is 35.4 Å². The SMILES string of the molecule is N[C@H](Cc1ccc(C(F)(F)F)cc1)C(=O)I. The van der Waals surface area contributed by atoms with Crippen molar-refractivity contribution in [2.75, 3.05) is 0 Å². The van der Waals surface area contributed by atoms with Crippen LogP contribution in [0.4, 0.5) is 13.2 Å². The maximum atomic E-state index is 12.2. The molecule has 0 spiro atoms. The molecule has 1 aromatic rings. The van der Waals surface area contributed by atoms with Gasteiger partial charge in [0, 0.05) is 22.6 Å². The molecule has 0 amide bonds. The molecule has 0 aliphatic rings. The third kappa shape index (κ3) is 3.75. The average molecular weight is 343 g/mol. The summed E-state index contributed by atoms with van der Waals surface area (Å²) in [6.07, 6.45) is -4.08. The van der Waals surface area contributed by atoms with Gasteiger partial charge in [-0.3, -0.25) is 4.79 Å². The van der Waals surface area contributed by atoms with Crippen LogP contribution in [0.25, 0.3) is 0 Å². The molecule has 1 aromatic carbocycles. The first-order chi connectivity index (χ1) is 7.30. The summed E-state index contributed by atoms with van der Waals surface area (Å²) in [5.41, 5.74) is 5.41. The van der Waals surface area contributed by atoms with Crippen LogP contribution in [-0.2, 0) is 17.4 Å². The predicted molar refractivity (Wildman–Crippen MR) is 62.2 cm³/mol. The third-order valence-electron chi connectivity index (χ3n) is 2.03. The lowest BCUT2D eigenvalue weighted by Crippen LogP contribution is -2.28. The zero-order valence-electron chi connectivity index (χ0n) is 8.09. The number of hydrogen-bond donors (Lipinski definition) is 1. The predicted octanol–water partition coefficient (Wildman–Crippen LogP) is 2.54. The summed E-state index contributed by atoms with van der Waals surface area (Å²) in [4.78, 5) is 10.9. The van der Waals surface area contributed by atoms with Crippen molar-refractivity contribution in [3.8, 4) is 0 Å². The molecule has 0 bridgehead atoms. The van der Waals surface area contributed by atoms with Crippen LogP contribution in [0.1, 0.15) is 11.1 Å². The molecule has 2 N–H and O–H groups in total. The van der Waals surface area contributed by atoms with Crippen molar-refractivity contribution < 1.29 is 18.0 Å². The van der Waals surface area contributed by atoms with Crippen molar-refractivity contribution >= 4 is 26.4 Å². The highest BCUT2D eigenvalue weighted by Crippen LogP contribution is 2.29.